The summed E-state index contributed by atoms with van der Waals surface area (Å²) in [5.41, 5.74) is 1.27. The molecule has 0 aliphatic carbocycles. The molecule has 1 saturated heterocycles. The van der Waals surface area contributed by atoms with Gasteiger partial charge in [0.1, 0.15) is 11.6 Å². The summed E-state index contributed by atoms with van der Waals surface area (Å²) >= 11 is 0. The Hall–Kier alpha value is -2.12. The fraction of sp³-hybridized carbons (Fsp3) is 0.619. The summed E-state index contributed by atoms with van der Waals surface area (Å²) in [5.74, 6) is 4.45. The minimum atomic E-state index is 0.523. The van der Waals surface area contributed by atoms with Gasteiger partial charge in [0.15, 0.2) is 11.5 Å². The van der Waals surface area contributed by atoms with Crippen LogP contribution in [0.3, 0.4) is 0 Å². The number of aromatic nitrogens is 3. The molecule has 2 aromatic rings. The highest BCUT2D eigenvalue weighted by atomic mass is 16.5. The molecule has 1 N–H and O–H groups in total. The van der Waals surface area contributed by atoms with Crippen molar-refractivity contribution in [2.75, 3.05) is 33.4 Å². The standard InChI is InChI=1S/C21H31N5O2/c1-3-12-28-18-5-4-16(13-19(18)27-2)15-25-9-6-17(7-10-25)21-24-23-20-14-22-8-11-26(20)21/h4-5,13,17,22H,3,6-12,14-15H2,1-2H3. The van der Waals surface area contributed by atoms with Crippen LogP contribution in [0.15, 0.2) is 18.2 Å². The van der Waals surface area contributed by atoms with Crippen LogP contribution < -0.4 is 14.8 Å². The van der Waals surface area contributed by atoms with Crippen molar-refractivity contribution in [3.8, 4) is 11.5 Å². The molecule has 3 heterocycles. The Morgan fingerprint density at radius 3 is 2.79 bits per heavy atom. The van der Waals surface area contributed by atoms with Gasteiger partial charge in [0.05, 0.1) is 20.3 Å². The summed E-state index contributed by atoms with van der Waals surface area (Å²) in [7, 11) is 1.71. The number of ether oxygens (including phenoxy) is 2. The molecule has 7 heteroatoms. The highest BCUT2D eigenvalue weighted by molar-refractivity contribution is 5.43. The van der Waals surface area contributed by atoms with Gasteiger partial charge in [0.25, 0.3) is 0 Å². The summed E-state index contributed by atoms with van der Waals surface area (Å²) in [6.45, 7) is 8.77. The number of likely N-dealkylation sites (tertiary alicyclic amines) is 1. The lowest BCUT2D eigenvalue weighted by Gasteiger charge is -2.32. The first-order valence-electron chi connectivity index (χ1n) is 10.4. The largest absolute Gasteiger partial charge is 0.493 e. The number of hydrogen-bond donors (Lipinski definition) is 1. The second-order valence-corrected chi connectivity index (χ2v) is 7.69. The van der Waals surface area contributed by atoms with E-state index >= 15 is 0 Å². The quantitative estimate of drug-likeness (QED) is 0.790. The highest BCUT2D eigenvalue weighted by Crippen LogP contribution is 2.31. The smallest absolute Gasteiger partial charge is 0.161 e. The fourth-order valence-electron chi connectivity index (χ4n) is 4.17. The molecule has 1 aromatic carbocycles. The van der Waals surface area contributed by atoms with E-state index in [0.29, 0.717) is 12.5 Å². The molecule has 28 heavy (non-hydrogen) atoms. The summed E-state index contributed by atoms with van der Waals surface area (Å²) in [6.07, 6.45) is 3.27. The normalized spacial score (nSPS) is 18.1. The van der Waals surface area contributed by atoms with Crippen LogP contribution >= 0.6 is 0 Å². The Labute approximate surface area is 167 Å². The van der Waals surface area contributed by atoms with E-state index in [1.807, 2.05) is 6.07 Å². The maximum absolute atomic E-state index is 5.76. The molecule has 152 valence electrons. The van der Waals surface area contributed by atoms with Crippen molar-refractivity contribution < 1.29 is 9.47 Å². The van der Waals surface area contributed by atoms with Crippen LogP contribution in [0.4, 0.5) is 0 Å². The summed E-state index contributed by atoms with van der Waals surface area (Å²) in [4.78, 5) is 2.52. The lowest BCUT2D eigenvalue weighted by atomic mass is 9.95. The van der Waals surface area contributed by atoms with Gasteiger partial charge in [-0.2, -0.15) is 0 Å². The van der Waals surface area contributed by atoms with E-state index in [1.54, 1.807) is 7.11 Å². The van der Waals surface area contributed by atoms with E-state index < -0.39 is 0 Å². The molecule has 1 aromatic heterocycles. The van der Waals surface area contributed by atoms with E-state index in [2.05, 4.69) is 44.0 Å². The zero-order chi connectivity index (χ0) is 19.3. The molecule has 1 fully saturated rings. The molecule has 0 atom stereocenters. The van der Waals surface area contributed by atoms with Crippen molar-refractivity contribution in [1.29, 1.82) is 0 Å². The highest BCUT2D eigenvalue weighted by Gasteiger charge is 2.27. The van der Waals surface area contributed by atoms with Crippen LogP contribution in [0.2, 0.25) is 0 Å². The molecule has 2 aliphatic heterocycles. The Morgan fingerprint density at radius 1 is 1.14 bits per heavy atom. The number of benzene rings is 1. The lowest BCUT2D eigenvalue weighted by Crippen LogP contribution is -2.34. The van der Waals surface area contributed by atoms with Gasteiger partial charge >= 0.3 is 0 Å². The topological polar surface area (TPSA) is 64.4 Å². The number of piperidine rings is 1. The van der Waals surface area contributed by atoms with Gasteiger partial charge in [-0.25, -0.2) is 0 Å². The Bertz CT molecular complexity index is 783. The van der Waals surface area contributed by atoms with E-state index in [1.165, 1.54) is 11.4 Å². The first-order chi connectivity index (χ1) is 13.8. The molecule has 0 spiro atoms. The maximum Gasteiger partial charge on any atom is 0.161 e. The Balaban J connectivity index is 1.35. The third kappa shape index (κ3) is 4.15. The second kappa shape index (κ2) is 8.92. The first-order valence-corrected chi connectivity index (χ1v) is 10.4. The Morgan fingerprint density at radius 2 is 2.00 bits per heavy atom. The molecule has 0 unspecified atom stereocenters. The summed E-state index contributed by atoms with van der Waals surface area (Å²) < 4.78 is 13.6. The molecular weight excluding hydrogens is 354 g/mol. The third-order valence-corrected chi connectivity index (χ3v) is 5.70. The van der Waals surface area contributed by atoms with Gasteiger partial charge in [-0.1, -0.05) is 13.0 Å². The molecule has 4 rings (SSSR count). The SMILES string of the molecule is CCCOc1ccc(CN2CCC(c3nnc4n3CCNC4)CC2)cc1OC. The molecule has 0 saturated carbocycles. The molecule has 0 amide bonds. The van der Waals surface area contributed by atoms with Crippen LogP contribution in [-0.4, -0.2) is 53.0 Å². The lowest BCUT2D eigenvalue weighted by molar-refractivity contribution is 0.199. The van der Waals surface area contributed by atoms with Crippen molar-refractivity contribution >= 4 is 0 Å². The average Bonchev–Trinajstić information content (AvgIpc) is 3.17. The van der Waals surface area contributed by atoms with Crippen molar-refractivity contribution in [2.24, 2.45) is 0 Å². The van der Waals surface area contributed by atoms with Gasteiger partial charge < -0.3 is 19.4 Å². The molecule has 0 radical (unpaired) electrons. The Kier molecular flexibility index (Phi) is 6.12. The van der Waals surface area contributed by atoms with E-state index in [0.717, 1.165) is 75.9 Å². The monoisotopic (exact) mass is 385 g/mol. The van der Waals surface area contributed by atoms with Crippen LogP contribution in [0, 0.1) is 0 Å². The zero-order valence-electron chi connectivity index (χ0n) is 17.0. The van der Waals surface area contributed by atoms with E-state index in [-0.39, 0.29) is 0 Å². The number of methoxy groups -OCH3 is 1. The number of rotatable bonds is 7. The summed E-state index contributed by atoms with van der Waals surface area (Å²) in [5, 5.41) is 12.3. The number of hydrogen-bond acceptors (Lipinski definition) is 6. The van der Waals surface area contributed by atoms with E-state index in [4.69, 9.17) is 9.47 Å². The van der Waals surface area contributed by atoms with Crippen LogP contribution in [0.25, 0.3) is 0 Å². The van der Waals surface area contributed by atoms with Crippen LogP contribution in [0.5, 0.6) is 11.5 Å². The predicted octanol–water partition coefficient (Wildman–Crippen LogP) is 2.56. The number of nitrogens with one attached hydrogen (secondary N) is 1. The van der Waals surface area contributed by atoms with Gasteiger partial charge in [0, 0.05) is 25.6 Å². The maximum atomic E-state index is 5.76. The first kappa shape index (κ1) is 19.2. The van der Waals surface area contributed by atoms with Gasteiger partial charge in [-0.05, 0) is 50.0 Å². The van der Waals surface area contributed by atoms with Crippen molar-refractivity contribution in [3.63, 3.8) is 0 Å². The summed E-state index contributed by atoms with van der Waals surface area (Å²) in [6, 6.07) is 6.30. The number of nitrogens with zero attached hydrogens (tertiary/aromatic N) is 4. The second-order valence-electron chi connectivity index (χ2n) is 7.69. The zero-order valence-corrected chi connectivity index (χ0v) is 17.0. The van der Waals surface area contributed by atoms with Crippen LogP contribution in [-0.2, 0) is 19.6 Å². The molecule has 2 aliphatic rings. The van der Waals surface area contributed by atoms with E-state index in [9.17, 15) is 0 Å². The minimum absolute atomic E-state index is 0.523. The van der Waals surface area contributed by atoms with Gasteiger partial charge in [-0.15, -0.1) is 10.2 Å². The molecular formula is C21H31N5O2. The third-order valence-electron chi connectivity index (χ3n) is 5.70. The van der Waals surface area contributed by atoms with Gasteiger partial charge in [-0.3, -0.25) is 4.90 Å². The minimum Gasteiger partial charge on any atom is -0.493 e. The van der Waals surface area contributed by atoms with Crippen LogP contribution in [0.1, 0.15) is 49.3 Å². The number of fused-ring (bicyclic) bond motifs is 1. The predicted molar refractivity (Wildman–Crippen MR) is 108 cm³/mol. The van der Waals surface area contributed by atoms with Gasteiger partial charge in [0.2, 0.25) is 0 Å². The average molecular weight is 386 g/mol. The van der Waals surface area contributed by atoms with Crippen molar-refractivity contribution in [1.82, 2.24) is 25.0 Å². The molecule has 0 bridgehead atoms. The molecule has 7 nitrogen and oxygen atoms in total. The fourth-order valence-corrected chi connectivity index (χ4v) is 4.17. The van der Waals surface area contributed by atoms with Crippen molar-refractivity contribution in [2.45, 2.75) is 51.7 Å². The van der Waals surface area contributed by atoms with Crippen molar-refractivity contribution in [3.05, 3.63) is 35.4 Å².